The van der Waals surface area contributed by atoms with Gasteiger partial charge in [0.25, 0.3) is 0 Å². The van der Waals surface area contributed by atoms with Crippen LogP contribution < -0.4 is 14.8 Å². The highest BCUT2D eigenvalue weighted by atomic mass is 16.5. The Labute approximate surface area is 201 Å². The summed E-state index contributed by atoms with van der Waals surface area (Å²) in [7, 11) is 3.29. The molecule has 0 radical (unpaired) electrons. The molecular formula is C28H33N3O3. The quantitative estimate of drug-likeness (QED) is 0.652. The minimum absolute atomic E-state index is 0.0668. The van der Waals surface area contributed by atoms with Crippen LogP contribution in [0.15, 0.2) is 48.2 Å². The Morgan fingerprint density at radius 3 is 2.62 bits per heavy atom. The Morgan fingerprint density at radius 1 is 1.09 bits per heavy atom. The Balaban J connectivity index is 1.36. The molecule has 0 bridgehead atoms. The van der Waals surface area contributed by atoms with E-state index in [2.05, 4.69) is 30.5 Å². The summed E-state index contributed by atoms with van der Waals surface area (Å²) in [6, 6.07) is 8.66. The number of benzene rings is 1. The third-order valence-electron chi connectivity index (χ3n) is 7.32. The highest BCUT2D eigenvalue weighted by molar-refractivity contribution is 5.86. The van der Waals surface area contributed by atoms with Crippen molar-refractivity contribution in [2.75, 3.05) is 20.8 Å². The van der Waals surface area contributed by atoms with Crippen molar-refractivity contribution in [2.45, 2.75) is 57.5 Å². The van der Waals surface area contributed by atoms with Gasteiger partial charge in [-0.3, -0.25) is 4.98 Å². The van der Waals surface area contributed by atoms with Crippen LogP contribution in [0.5, 0.6) is 11.5 Å². The number of hydrogen-bond acceptors (Lipinski definition) is 4. The smallest absolute Gasteiger partial charge is 0.318 e. The number of carbonyl (C=O) groups excluding carboxylic acids is 1. The molecule has 1 fully saturated rings. The molecule has 5 rings (SSSR count). The molecule has 0 spiro atoms. The van der Waals surface area contributed by atoms with E-state index in [-0.39, 0.29) is 12.1 Å². The lowest BCUT2D eigenvalue weighted by molar-refractivity contribution is 0.183. The standard InChI is InChI=1S/C28H33N3O3/c1-18-14-20(12-13-31(18)28(32)30-22-6-4-5-7-22)23-9-10-25-24(23)15-21(17-29-25)19-8-11-26(33-2)27(16-19)34-3/h8-9,11,14-18,22H,4-7,10,12-13H2,1-3H3,(H,30,32). The van der Waals surface area contributed by atoms with Gasteiger partial charge in [-0.1, -0.05) is 31.1 Å². The van der Waals surface area contributed by atoms with Gasteiger partial charge in [-0.25, -0.2) is 4.79 Å². The van der Waals surface area contributed by atoms with E-state index in [4.69, 9.17) is 14.5 Å². The van der Waals surface area contributed by atoms with Crippen LogP contribution in [0.1, 0.15) is 50.3 Å². The van der Waals surface area contributed by atoms with Crippen molar-refractivity contribution < 1.29 is 14.3 Å². The predicted molar refractivity (Wildman–Crippen MR) is 134 cm³/mol. The molecule has 1 aromatic heterocycles. The summed E-state index contributed by atoms with van der Waals surface area (Å²) in [5.74, 6) is 1.42. The van der Waals surface area contributed by atoms with E-state index in [1.807, 2.05) is 29.3 Å². The van der Waals surface area contributed by atoms with E-state index in [1.54, 1.807) is 14.2 Å². The zero-order valence-electron chi connectivity index (χ0n) is 20.3. The lowest BCUT2D eigenvalue weighted by Gasteiger charge is -2.34. The average Bonchev–Trinajstić information content (AvgIpc) is 3.52. The topological polar surface area (TPSA) is 63.7 Å². The third-order valence-corrected chi connectivity index (χ3v) is 7.32. The maximum atomic E-state index is 12.8. The number of methoxy groups -OCH3 is 2. The fourth-order valence-corrected chi connectivity index (χ4v) is 5.42. The van der Waals surface area contributed by atoms with Gasteiger partial charge in [0.05, 0.1) is 19.9 Å². The molecular weight excluding hydrogens is 426 g/mol. The number of nitrogens with zero attached hydrogens (tertiary/aromatic N) is 2. The monoisotopic (exact) mass is 459 g/mol. The van der Waals surface area contributed by atoms with E-state index in [1.165, 1.54) is 29.6 Å². The number of urea groups is 1. The van der Waals surface area contributed by atoms with Gasteiger partial charge >= 0.3 is 6.03 Å². The van der Waals surface area contributed by atoms with Gasteiger partial charge in [0.15, 0.2) is 11.5 Å². The molecule has 2 heterocycles. The maximum absolute atomic E-state index is 12.8. The molecule has 178 valence electrons. The first kappa shape index (κ1) is 22.5. The van der Waals surface area contributed by atoms with Crippen molar-refractivity contribution in [3.05, 3.63) is 59.4 Å². The number of aromatic nitrogens is 1. The molecule has 1 unspecified atom stereocenters. The van der Waals surface area contributed by atoms with Gasteiger partial charge in [-0.15, -0.1) is 0 Å². The van der Waals surface area contributed by atoms with Crippen molar-refractivity contribution in [3.8, 4) is 22.6 Å². The van der Waals surface area contributed by atoms with Crippen LogP contribution in [0.25, 0.3) is 16.7 Å². The van der Waals surface area contributed by atoms with Crippen molar-refractivity contribution in [1.29, 1.82) is 0 Å². The lowest BCUT2D eigenvalue weighted by atomic mass is 9.92. The van der Waals surface area contributed by atoms with Crippen LogP contribution in [-0.2, 0) is 6.42 Å². The molecule has 2 aromatic rings. The van der Waals surface area contributed by atoms with Gasteiger partial charge in [-0.2, -0.15) is 0 Å². The normalized spacial score (nSPS) is 20.0. The second kappa shape index (κ2) is 9.53. The van der Waals surface area contributed by atoms with E-state index >= 15 is 0 Å². The van der Waals surface area contributed by atoms with E-state index in [0.29, 0.717) is 17.5 Å². The first-order chi connectivity index (χ1) is 16.6. The maximum Gasteiger partial charge on any atom is 0.318 e. The average molecular weight is 460 g/mol. The lowest BCUT2D eigenvalue weighted by Crippen LogP contribution is -2.49. The zero-order chi connectivity index (χ0) is 23.7. The molecule has 1 atom stereocenters. The molecule has 2 amide bonds. The number of carbonyl (C=O) groups is 1. The van der Waals surface area contributed by atoms with Gasteiger partial charge in [0, 0.05) is 42.4 Å². The zero-order valence-corrected chi connectivity index (χ0v) is 20.3. The molecule has 1 saturated carbocycles. The summed E-state index contributed by atoms with van der Waals surface area (Å²) in [6.45, 7) is 2.85. The molecule has 34 heavy (non-hydrogen) atoms. The van der Waals surface area contributed by atoms with E-state index in [9.17, 15) is 4.79 Å². The summed E-state index contributed by atoms with van der Waals surface area (Å²) in [6.07, 6.45) is 12.8. The molecule has 3 aliphatic rings. The number of amides is 2. The van der Waals surface area contributed by atoms with Crippen LogP contribution in [-0.4, -0.2) is 48.8 Å². The minimum atomic E-state index is 0.0668. The Hall–Kier alpha value is -3.28. The highest BCUT2D eigenvalue weighted by Gasteiger charge is 2.29. The predicted octanol–water partition coefficient (Wildman–Crippen LogP) is 5.38. The van der Waals surface area contributed by atoms with Gasteiger partial charge < -0.3 is 19.7 Å². The number of pyridine rings is 1. The van der Waals surface area contributed by atoms with Crippen molar-refractivity contribution in [1.82, 2.24) is 15.2 Å². The number of fused-ring (bicyclic) bond motifs is 1. The number of allylic oxidation sites excluding steroid dienone is 2. The first-order valence-electron chi connectivity index (χ1n) is 12.3. The van der Waals surface area contributed by atoms with Crippen LogP contribution >= 0.6 is 0 Å². The largest absolute Gasteiger partial charge is 0.493 e. The van der Waals surface area contributed by atoms with Gasteiger partial charge in [-0.05, 0) is 61.1 Å². The molecule has 1 N–H and O–H groups in total. The summed E-state index contributed by atoms with van der Waals surface area (Å²) in [5, 5.41) is 3.24. The second-order valence-corrected chi connectivity index (χ2v) is 9.42. The summed E-state index contributed by atoms with van der Waals surface area (Å²) in [5.41, 5.74) is 6.95. The van der Waals surface area contributed by atoms with Crippen LogP contribution in [0.4, 0.5) is 4.79 Å². The highest BCUT2D eigenvalue weighted by Crippen LogP contribution is 2.39. The molecule has 6 nitrogen and oxygen atoms in total. The summed E-state index contributed by atoms with van der Waals surface area (Å²) >= 11 is 0. The number of ether oxygens (including phenoxy) is 2. The van der Waals surface area contributed by atoms with E-state index in [0.717, 1.165) is 49.0 Å². The summed E-state index contributed by atoms with van der Waals surface area (Å²) < 4.78 is 10.9. The number of rotatable bonds is 5. The van der Waals surface area contributed by atoms with Crippen LogP contribution in [0.2, 0.25) is 0 Å². The molecule has 6 heteroatoms. The summed E-state index contributed by atoms with van der Waals surface area (Å²) in [4.78, 5) is 19.6. The molecule has 1 aliphatic heterocycles. The minimum Gasteiger partial charge on any atom is -0.493 e. The van der Waals surface area contributed by atoms with Gasteiger partial charge in [0.1, 0.15) is 0 Å². The van der Waals surface area contributed by atoms with Gasteiger partial charge in [0.2, 0.25) is 0 Å². The number of hydrogen-bond donors (Lipinski definition) is 1. The first-order valence-corrected chi connectivity index (χ1v) is 12.3. The van der Waals surface area contributed by atoms with Crippen LogP contribution in [0.3, 0.4) is 0 Å². The van der Waals surface area contributed by atoms with E-state index < -0.39 is 0 Å². The number of nitrogens with one attached hydrogen (secondary N) is 1. The molecule has 1 aromatic carbocycles. The Kier molecular flexibility index (Phi) is 6.31. The van der Waals surface area contributed by atoms with Crippen molar-refractivity contribution in [2.24, 2.45) is 0 Å². The van der Waals surface area contributed by atoms with Crippen molar-refractivity contribution in [3.63, 3.8) is 0 Å². The second-order valence-electron chi connectivity index (χ2n) is 9.42. The third kappa shape index (κ3) is 4.29. The Bertz CT molecular complexity index is 1150. The fraction of sp³-hybridized carbons (Fsp3) is 0.429. The molecule has 0 saturated heterocycles. The SMILES string of the molecule is COc1ccc(-c2cnc3c(c2)C(C2=CC(C)N(C(=O)NC4CCCC4)CC2)=CC3)cc1OC. The van der Waals surface area contributed by atoms with Crippen molar-refractivity contribution >= 4 is 11.6 Å². The van der Waals surface area contributed by atoms with Crippen LogP contribution in [0, 0.1) is 0 Å². The molecule has 2 aliphatic carbocycles. The fourth-order valence-electron chi connectivity index (χ4n) is 5.42. The Morgan fingerprint density at radius 2 is 1.88 bits per heavy atom.